The van der Waals surface area contributed by atoms with Crippen LogP contribution in [-0.4, -0.2) is 34.2 Å². The number of ether oxygens (including phenoxy) is 1. The molecule has 2 rings (SSSR count). The number of alkyl halides is 1. The lowest BCUT2D eigenvalue weighted by Crippen LogP contribution is -2.33. The van der Waals surface area contributed by atoms with Gasteiger partial charge in [0.1, 0.15) is 0 Å². The molecule has 1 amide bonds. The number of nitrogens with one attached hydrogen (secondary N) is 1. The smallest absolute Gasteiger partial charge is 0.330 e. The fraction of sp³-hybridized carbons (Fsp3) is 0.263. The van der Waals surface area contributed by atoms with Crippen LogP contribution >= 0.6 is 38.5 Å². The van der Waals surface area contributed by atoms with Crippen molar-refractivity contribution in [2.75, 3.05) is 12.4 Å². The molecule has 0 unspecified atom stereocenters. The van der Waals surface area contributed by atoms with Crippen molar-refractivity contribution in [1.82, 2.24) is 9.88 Å². The molecule has 1 N–H and O–H groups in total. The van der Waals surface area contributed by atoms with Crippen molar-refractivity contribution in [2.45, 2.75) is 19.4 Å². The monoisotopic (exact) mass is 530 g/mol. The summed E-state index contributed by atoms with van der Waals surface area (Å²) in [6, 6.07) is 7.71. The average Bonchev–Trinajstić information content (AvgIpc) is 3.10. The van der Waals surface area contributed by atoms with Crippen molar-refractivity contribution in [3.05, 3.63) is 58.0 Å². The van der Waals surface area contributed by atoms with Crippen molar-refractivity contribution in [3.8, 4) is 0 Å². The van der Waals surface area contributed by atoms with Crippen molar-refractivity contribution < 1.29 is 14.3 Å². The van der Waals surface area contributed by atoms with E-state index in [-0.39, 0.29) is 17.3 Å². The van der Waals surface area contributed by atoms with E-state index in [2.05, 4.69) is 48.2 Å². The molecule has 138 valence electrons. The van der Waals surface area contributed by atoms with Gasteiger partial charge in [0.15, 0.2) is 0 Å². The largest absolute Gasteiger partial charge is 0.466 e. The minimum atomic E-state index is -0.415. The zero-order chi connectivity index (χ0) is 19.1. The number of methoxy groups -OCH3 is 1. The van der Waals surface area contributed by atoms with Crippen LogP contribution in [0.3, 0.4) is 0 Å². The van der Waals surface area contributed by atoms with E-state index in [1.807, 2.05) is 43.5 Å². The van der Waals surface area contributed by atoms with Crippen molar-refractivity contribution in [1.29, 1.82) is 0 Å². The highest BCUT2D eigenvalue weighted by Crippen LogP contribution is 2.35. The summed E-state index contributed by atoms with van der Waals surface area (Å²) in [5.41, 5.74) is 2.01. The van der Waals surface area contributed by atoms with Gasteiger partial charge < -0.3 is 9.72 Å². The first kappa shape index (κ1) is 20.7. The lowest BCUT2D eigenvalue weighted by atomic mass is 10.0. The number of para-hydroxylation sites is 1. The molecule has 0 aliphatic heterocycles. The summed E-state index contributed by atoms with van der Waals surface area (Å²) < 4.78 is 5.49. The van der Waals surface area contributed by atoms with Crippen LogP contribution in [-0.2, 0) is 14.3 Å². The molecule has 0 saturated carbocycles. The fourth-order valence-corrected chi connectivity index (χ4v) is 3.62. The Bertz CT molecular complexity index is 844. The second-order valence-corrected chi connectivity index (χ2v) is 7.14. The zero-order valence-electron chi connectivity index (χ0n) is 14.5. The van der Waals surface area contributed by atoms with Crippen LogP contribution in [0.1, 0.15) is 24.9 Å². The molecule has 2 aromatic rings. The predicted molar refractivity (Wildman–Crippen MR) is 115 cm³/mol. The number of H-pyrrole nitrogens is 1. The van der Waals surface area contributed by atoms with Crippen LogP contribution in [0.2, 0.25) is 0 Å². The van der Waals surface area contributed by atoms with Gasteiger partial charge in [0.25, 0.3) is 0 Å². The number of carbonyl (C=O) groups is 2. The number of halogens is 2. The maximum Gasteiger partial charge on any atom is 0.330 e. The zero-order valence-corrected chi connectivity index (χ0v) is 18.3. The van der Waals surface area contributed by atoms with E-state index in [1.54, 1.807) is 11.0 Å². The molecular formula is C19H20BrIN2O3. The molecule has 7 heteroatoms. The maximum absolute atomic E-state index is 12.6. The van der Waals surface area contributed by atoms with E-state index in [0.29, 0.717) is 6.42 Å². The second kappa shape index (κ2) is 9.91. The number of rotatable bonds is 7. The Morgan fingerprint density at radius 2 is 2.12 bits per heavy atom. The Morgan fingerprint density at radius 1 is 1.38 bits per heavy atom. The number of amides is 1. The summed E-state index contributed by atoms with van der Waals surface area (Å²) in [7, 11) is 1.34. The molecule has 26 heavy (non-hydrogen) atoms. The summed E-state index contributed by atoms with van der Waals surface area (Å²) in [6.07, 6.45) is 7.44. The second-order valence-electron chi connectivity index (χ2n) is 5.48. The molecule has 0 saturated heterocycles. The van der Waals surface area contributed by atoms with E-state index in [0.717, 1.165) is 20.2 Å². The summed E-state index contributed by atoms with van der Waals surface area (Å²) >= 11 is 5.44. The molecule has 5 nitrogen and oxygen atoms in total. The van der Waals surface area contributed by atoms with Gasteiger partial charge in [-0.1, -0.05) is 46.3 Å². The standard InChI is InChI=1S/C19H20BrIN2O3/c1-3-17(21)23(18(24)11-20)16(9-6-10-19(25)26-2)14-12-22-15-8-5-4-7-13(14)15/h3-8,10,12,16,22H,9,11H2,1-2H3/b10-6+,17-3+/t16-/m0/s1. The predicted octanol–water partition coefficient (Wildman–Crippen LogP) is 4.85. The van der Waals surface area contributed by atoms with Crippen molar-refractivity contribution in [3.63, 3.8) is 0 Å². The molecule has 1 atom stereocenters. The third-order valence-electron chi connectivity index (χ3n) is 3.96. The Kier molecular flexibility index (Phi) is 7.89. The first-order valence-corrected chi connectivity index (χ1v) is 10.2. The van der Waals surface area contributed by atoms with Gasteiger partial charge in [-0.3, -0.25) is 9.69 Å². The van der Waals surface area contributed by atoms with E-state index >= 15 is 0 Å². The van der Waals surface area contributed by atoms with Gasteiger partial charge in [-0.15, -0.1) is 0 Å². The van der Waals surface area contributed by atoms with E-state index in [4.69, 9.17) is 0 Å². The number of fused-ring (bicyclic) bond motifs is 1. The third-order valence-corrected chi connectivity index (χ3v) is 5.58. The van der Waals surface area contributed by atoms with Crippen LogP contribution in [0.4, 0.5) is 0 Å². The first-order chi connectivity index (χ1) is 12.5. The van der Waals surface area contributed by atoms with Crippen molar-refractivity contribution in [2.24, 2.45) is 0 Å². The molecular weight excluding hydrogens is 511 g/mol. The number of allylic oxidation sites excluding steroid dienone is 1. The third kappa shape index (κ3) is 4.76. The average molecular weight is 531 g/mol. The lowest BCUT2D eigenvalue weighted by Gasteiger charge is -2.30. The summed E-state index contributed by atoms with van der Waals surface area (Å²) in [5.74, 6) is -0.462. The highest BCUT2D eigenvalue weighted by molar-refractivity contribution is 14.1. The molecule has 0 radical (unpaired) electrons. The molecule has 0 bridgehead atoms. The summed E-state index contributed by atoms with van der Waals surface area (Å²) in [4.78, 5) is 29.1. The number of benzene rings is 1. The van der Waals surface area contributed by atoms with E-state index in [9.17, 15) is 9.59 Å². The minimum absolute atomic E-state index is 0.0470. The van der Waals surface area contributed by atoms with Gasteiger partial charge in [0.2, 0.25) is 5.91 Å². The molecule has 0 aliphatic carbocycles. The minimum Gasteiger partial charge on any atom is -0.466 e. The molecule has 1 heterocycles. The summed E-state index contributed by atoms with van der Waals surface area (Å²) in [5, 5.41) is 1.27. The van der Waals surface area contributed by atoms with Crippen LogP contribution in [0.15, 0.2) is 52.4 Å². The quantitative estimate of drug-likeness (QED) is 0.183. The number of nitrogens with zero attached hydrogens (tertiary/aromatic N) is 1. The maximum atomic E-state index is 12.6. The molecule has 1 aromatic carbocycles. The van der Waals surface area contributed by atoms with Crippen LogP contribution in [0.5, 0.6) is 0 Å². The first-order valence-electron chi connectivity index (χ1n) is 8.03. The highest BCUT2D eigenvalue weighted by Gasteiger charge is 2.27. The Morgan fingerprint density at radius 3 is 2.77 bits per heavy atom. The topological polar surface area (TPSA) is 62.4 Å². The van der Waals surface area contributed by atoms with Gasteiger partial charge in [0.05, 0.1) is 22.2 Å². The molecule has 0 aliphatic rings. The van der Waals surface area contributed by atoms with Gasteiger partial charge in [-0.25, -0.2) is 4.79 Å². The van der Waals surface area contributed by atoms with Gasteiger partial charge in [-0.2, -0.15) is 0 Å². The number of hydrogen-bond acceptors (Lipinski definition) is 3. The van der Waals surface area contributed by atoms with E-state index in [1.165, 1.54) is 13.2 Å². The van der Waals surface area contributed by atoms with Gasteiger partial charge in [0, 0.05) is 28.7 Å². The SMILES string of the molecule is C/C=C(\I)N(C(=O)CBr)[C@@H](C/C=C/C(=O)OC)c1c[nH]c2ccccc12. The van der Waals surface area contributed by atoms with Crippen LogP contribution in [0, 0.1) is 0 Å². The lowest BCUT2D eigenvalue weighted by molar-refractivity contribution is -0.134. The fourth-order valence-electron chi connectivity index (χ4n) is 2.75. The molecule has 0 fully saturated rings. The Hall–Kier alpha value is -1.61. The number of aromatic nitrogens is 1. The van der Waals surface area contributed by atoms with Gasteiger partial charge >= 0.3 is 5.97 Å². The Labute approximate surface area is 174 Å². The van der Waals surface area contributed by atoms with Gasteiger partial charge in [-0.05, 0) is 42.0 Å². The normalized spacial score (nSPS) is 13.2. The molecule has 1 aromatic heterocycles. The van der Waals surface area contributed by atoms with E-state index < -0.39 is 5.97 Å². The van der Waals surface area contributed by atoms with Crippen LogP contribution in [0.25, 0.3) is 10.9 Å². The molecule has 0 spiro atoms. The highest BCUT2D eigenvalue weighted by atomic mass is 127. The Balaban J connectivity index is 2.51. The summed E-state index contributed by atoms with van der Waals surface area (Å²) in [6.45, 7) is 1.90. The number of hydrogen-bond donors (Lipinski definition) is 1. The number of aromatic amines is 1. The number of carbonyl (C=O) groups excluding carboxylic acids is 2. The van der Waals surface area contributed by atoms with Crippen LogP contribution < -0.4 is 0 Å². The number of esters is 1. The van der Waals surface area contributed by atoms with Crippen molar-refractivity contribution >= 4 is 61.3 Å².